The monoisotopic (exact) mass is 382 g/mol. The van der Waals surface area contributed by atoms with Crippen LogP contribution in [0.1, 0.15) is 24.5 Å². The Kier molecular flexibility index (Phi) is 6.42. The lowest BCUT2D eigenvalue weighted by Crippen LogP contribution is -2.34. The highest BCUT2D eigenvalue weighted by Gasteiger charge is 2.15. The highest BCUT2D eigenvalue weighted by molar-refractivity contribution is 5.84. The van der Waals surface area contributed by atoms with Crippen LogP contribution >= 0.6 is 0 Å². The number of hydrogen-bond donors (Lipinski definition) is 1. The van der Waals surface area contributed by atoms with E-state index in [-0.39, 0.29) is 31.3 Å². The summed E-state index contributed by atoms with van der Waals surface area (Å²) in [4.78, 5) is 29.1. The van der Waals surface area contributed by atoms with Crippen molar-refractivity contribution in [3.05, 3.63) is 71.7 Å². The van der Waals surface area contributed by atoms with Gasteiger partial charge in [-0.1, -0.05) is 30.3 Å². The quantitative estimate of drug-likeness (QED) is 0.602. The number of carbonyl (C=O) groups is 2. The fourth-order valence-corrected chi connectivity index (χ4v) is 3.11. The third-order valence-corrected chi connectivity index (χ3v) is 4.63. The molecule has 6 heteroatoms. The molecule has 0 unspecified atom stereocenters. The molecule has 0 saturated carbocycles. The van der Waals surface area contributed by atoms with E-state index in [1.165, 1.54) is 17.0 Å². The van der Waals surface area contributed by atoms with E-state index in [0.717, 1.165) is 16.5 Å². The minimum Gasteiger partial charge on any atom is -0.456 e. The summed E-state index contributed by atoms with van der Waals surface area (Å²) in [5.41, 5.74) is 2.76. The van der Waals surface area contributed by atoms with Crippen LogP contribution in [0.4, 0.5) is 4.39 Å². The molecule has 3 rings (SSSR count). The Morgan fingerprint density at radius 3 is 2.75 bits per heavy atom. The van der Waals surface area contributed by atoms with Crippen molar-refractivity contribution >= 4 is 22.8 Å². The lowest BCUT2D eigenvalue weighted by Gasteiger charge is -2.21. The van der Waals surface area contributed by atoms with Crippen molar-refractivity contribution < 1.29 is 18.7 Å². The molecule has 0 aliphatic carbocycles. The number of fused-ring (bicyclic) bond motifs is 1. The Hall–Kier alpha value is -3.15. The zero-order valence-corrected chi connectivity index (χ0v) is 15.8. The number of rotatable bonds is 8. The Bertz CT molecular complexity index is 967. The van der Waals surface area contributed by atoms with E-state index < -0.39 is 5.97 Å². The molecular weight excluding hydrogens is 359 g/mol. The number of halogens is 1. The Labute approximate surface area is 163 Å². The second-order valence-electron chi connectivity index (χ2n) is 6.56. The summed E-state index contributed by atoms with van der Waals surface area (Å²) < 4.78 is 18.4. The molecule has 0 radical (unpaired) electrons. The average molecular weight is 382 g/mol. The Balaban J connectivity index is 1.48. The fraction of sp³-hybridized carbons (Fsp3) is 0.273. The summed E-state index contributed by atoms with van der Waals surface area (Å²) in [7, 11) is 0. The number of H-pyrrole nitrogens is 1. The van der Waals surface area contributed by atoms with Gasteiger partial charge in [-0.2, -0.15) is 0 Å². The van der Waals surface area contributed by atoms with Gasteiger partial charge < -0.3 is 14.6 Å². The summed E-state index contributed by atoms with van der Waals surface area (Å²) in [6.45, 7) is 2.24. The molecule has 0 spiro atoms. The molecule has 0 bridgehead atoms. The predicted octanol–water partition coefficient (Wildman–Crippen LogP) is 3.83. The lowest BCUT2D eigenvalue weighted by molar-refractivity contribution is -0.152. The molecule has 146 valence electrons. The van der Waals surface area contributed by atoms with Crippen molar-refractivity contribution in [1.29, 1.82) is 0 Å². The molecule has 28 heavy (non-hydrogen) atoms. The van der Waals surface area contributed by atoms with Crippen molar-refractivity contribution in [2.45, 2.75) is 26.3 Å². The Morgan fingerprint density at radius 2 is 1.96 bits per heavy atom. The summed E-state index contributed by atoms with van der Waals surface area (Å²) in [5.74, 6) is -1.06. The predicted molar refractivity (Wildman–Crippen MR) is 105 cm³/mol. The maximum absolute atomic E-state index is 13.3. The number of likely N-dealkylation sites (N-methyl/N-ethyl adjacent to an activating group) is 1. The van der Waals surface area contributed by atoms with Gasteiger partial charge in [0.05, 0.1) is 0 Å². The van der Waals surface area contributed by atoms with Crippen LogP contribution in [-0.2, 0) is 27.3 Å². The van der Waals surface area contributed by atoms with E-state index in [9.17, 15) is 14.0 Å². The van der Waals surface area contributed by atoms with Crippen LogP contribution in [0.3, 0.4) is 0 Å². The number of para-hydroxylation sites is 1. The zero-order valence-electron chi connectivity index (χ0n) is 15.8. The smallest absolute Gasteiger partial charge is 0.306 e. The largest absolute Gasteiger partial charge is 0.456 e. The highest BCUT2D eigenvalue weighted by Crippen LogP contribution is 2.19. The summed E-state index contributed by atoms with van der Waals surface area (Å²) in [6.07, 6.45) is 2.63. The fourth-order valence-electron chi connectivity index (χ4n) is 3.11. The van der Waals surface area contributed by atoms with Crippen molar-refractivity contribution in [1.82, 2.24) is 9.88 Å². The first kappa shape index (κ1) is 19.6. The van der Waals surface area contributed by atoms with E-state index in [1.807, 2.05) is 37.4 Å². The molecule has 0 saturated heterocycles. The average Bonchev–Trinajstić information content (AvgIpc) is 3.12. The molecule has 2 aromatic carbocycles. The van der Waals surface area contributed by atoms with Crippen LogP contribution in [0.25, 0.3) is 10.9 Å². The molecule has 1 aromatic heterocycles. The first-order chi connectivity index (χ1) is 13.6. The third kappa shape index (κ3) is 4.97. The van der Waals surface area contributed by atoms with Crippen LogP contribution < -0.4 is 0 Å². The van der Waals surface area contributed by atoms with Crippen LogP contribution in [0.15, 0.2) is 54.7 Å². The second-order valence-corrected chi connectivity index (χ2v) is 6.56. The van der Waals surface area contributed by atoms with Gasteiger partial charge in [-0.3, -0.25) is 9.59 Å². The molecule has 1 N–H and O–H groups in total. The van der Waals surface area contributed by atoms with Gasteiger partial charge in [0, 0.05) is 36.6 Å². The number of esters is 1. The number of benzene rings is 2. The Morgan fingerprint density at radius 1 is 1.14 bits per heavy atom. The molecule has 1 amide bonds. The third-order valence-electron chi connectivity index (χ3n) is 4.63. The molecule has 3 aromatic rings. The summed E-state index contributed by atoms with van der Waals surface area (Å²) >= 11 is 0. The first-order valence-electron chi connectivity index (χ1n) is 9.29. The SMILES string of the molecule is CCN(Cc1cccc(F)c1)C(=O)COC(=O)CCc1c[nH]c2ccccc12. The normalized spacial score (nSPS) is 10.8. The molecule has 1 heterocycles. The number of hydrogen-bond acceptors (Lipinski definition) is 3. The number of aromatic amines is 1. The number of ether oxygens (including phenoxy) is 1. The highest BCUT2D eigenvalue weighted by atomic mass is 19.1. The molecular formula is C22H23FN2O3. The van der Waals surface area contributed by atoms with Gasteiger partial charge in [-0.05, 0) is 42.7 Å². The van der Waals surface area contributed by atoms with E-state index in [4.69, 9.17) is 4.74 Å². The van der Waals surface area contributed by atoms with Gasteiger partial charge in [0.15, 0.2) is 6.61 Å². The van der Waals surface area contributed by atoms with E-state index in [0.29, 0.717) is 18.5 Å². The van der Waals surface area contributed by atoms with E-state index in [2.05, 4.69) is 4.98 Å². The zero-order chi connectivity index (χ0) is 19.9. The van der Waals surface area contributed by atoms with Gasteiger partial charge >= 0.3 is 5.97 Å². The lowest BCUT2D eigenvalue weighted by atomic mass is 10.1. The van der Waals surface area contributed by atoms with Crippen LogP contribution in [0, 0.1) is 5.82 Å². The standard InChI is InChI=1S/C22H23FN2O3/c1-2-25(14-16-6-5-7-18(23)12-16)21(26)15-28-22(27)11-10-17-13-24-20-9-4-3-8-19(17)20/h3-9,12-13,24H,2,10-11,14-15H2,1H3. The molecule has 0 aliphatic heterocycles. The van der Waals surface area contributed by atoms with Gasteiger partial charge in [0.25, 0.3) is 5.91 Å². The number of nitrogens with one attached hydrogen (secondary N) is 1. The minimum absolute atomic E-state index is 0.200. The van der Waals surface area contributed by atoms with Gasteiger partial charge in [0.1, 0.15) is 5.82 Å². The summed E-state index contributed by atoms with van der Waals surface area (Å²) in [5, 5.41) is 1.08. The molecule has 5 nitrogen and oxygen atoms in total. The van der Waals surface area contributed by atoms with Crippen LogP contribution in [-0.4, -0.2) is 34.9 Å². The second kappa shape index (κ2) is 9.17. The summed E-state index contributed by atoms with van der Waals surface area (Å²) in [6, 6.07) is 14.0. The molecule has 0 atom stereocenters. The van der Waals surface area contributed by atoms with Gasteiger partial charge in [-0.25, -0.2) is 4.39 Å². The van der Waals surface area contributed by atoms with Gasteiger partial charge in [0.2, 0.25) is 0 Å². The van der Waals surface area contributed by atoms with E-state index >= 15 is 0 Å². The van der Waals surface area contributed by atoms with Crippen molar-refractivity contribution in [2.24, 2.45) is 0 Å². The minimum atomic E-state index is -0.416. The maximum atomic E-state index is 13.3. The van der Waals surface area contributed by atoms with Crippen LogP contribution in [0.2, 0.25) is 0 Å². The van der Waals surface area contributed by atoms with Crippen molar-refractivity contribution in [2.75, 3.05) is 13.2 Å². The number of aromatic nitrogens is 1. The molecule has 0 fully saturated rings. The van der Waals surface area contributed by atoms with Gasteiger partial charge in [-0.15, -0.1) is 0 Å². The van der Waals surface area contributed by atoms with Crippen molar-refractivity contribution in [3.63, 3.8) is 0 Å². The van der Waals surface area contributed by atoms with Crippen LogP contribution in [0.5, 0.6) is 0 Å². The number of aryl methyl sites for hydroxylation is 1. The number of nitrogens with zero attached hydrogens (tertiary/aromatic N) is 1. The maximum Gasteiger partial charge on any atom is 0.306 e. The molecule has 0 aliphatic rings. The first-order valence-corrected chi connectivity index (χ1v) is 9.29. The van der Waals surface area contributed by atoms with E-state index in [1.54, 1.807) is 12.1 Å². The number of carbonyl (C=O) groups excluding carboxylic acids is 2. The van der Waals surface area contributed by atoms with Crippen molar-refractivity contribution in [3.8, 4) is 0 Å². The topological polar surface area (TPSA) is 62.4 Å². The number of amides is 1.